The van der Waals surface area contributed by atoms with Gasteiger partial charge in [-0.3, -0.25) is 4.79 Å². The van der Waals surface area contributed by atoms with E-state index in [2.05, 4.69) is 6.92 Å². The third kappa shape index (κ3) is 3.42. The van der Waals surface area contributed by atoms with Crippen LogP contribution in [0.2, 0.25) is 0 Å². The molecule has 18 heavy (non-hydrogen) atoms. The molecule has 4 heteroatoms. The van der Waals surface area contributed by atoms with Crippen LogP contribution in [-0.4, -0.2) is 40.0 Å². The summed E-state index contributed by atoms with van der Waals surface area (Å²) in [4.78, 5) is 14.1. The van der Waals surface area contributed by atoms with E-state index in [9.17, 15) is 9.90 Å². The second-order valence-electron chi connectivity index (χ2n) is 4.59. The van der Waals surface area contributed by atoms with Crippen molar-refractivity contribution in [2.45, 2.75) is 25.0 Å². The Kier molecular flexibility index (Phi) is 4.53. The highest BCUT2D eigenvalue weighted by Crippen LogP contribution is 2.22. The highest BCUT2D eigenvalue weighted by Gasteiger charge is 2.22. The minimum atomic E-state index is 0.166. The van der Waals surface area contributed by atoms with Crippen molar-refractivity contribution in [3.8, 4) is 5.75 Å². The number of phenolic OH excluding ortho intramolecular Hbond substituents is 1. The van der Waals surface area contributed by atoms with Gasteiger partial charge in [0.05, 0.1) is 6.42 Å². The fourth-order valence-corrected chi connectivity index (χ4v) is 3.33. The Morgan fingerprint density at radius 1 is 1.56 bits per heavy atom. The van der Waals surface area contributed by atoms with Gasteiger partial charge < -0.3 is 10.0 Å². The van der Waals surface area contributed by atoms with Gasteiger partial charge >= 0.3 is 0 Å². The maximum Gasteiger partial charge on any atom is 0.227 e. The lowest BCUT2D eigenvalue weighted by molar-refractivity contribution is -0.130. The van der Waals surface area contributed by atoms with Crippen LogP contribution in [0, 0.1) is 0 Å². The van der Waals surface area contributed by atoms with Crippen LogP contribution in [0.5, 0.6) is 5.75 Å². The molecular weight excluding hydrogens is 246 g/mol. The zero-order valence-corrected chi connectivity index (χ0v) is 11.4. The lowest BCUT2D eigenvalue weighted by Gasteiger charge is -2.32. The number of hydrogen-bond acceptors (Lipinski definition) is 3. The second kappa shape index (κ2) is 6.14. The predicted molar refractivity (Wildman–Crippen MR) is 74.9 cm³/mol. The standard InChI is InChI=1S/C14H19NO2S/c1-2-13-10-15(6-7-18-13)14(17)9-11-4-3-5-12(16)8-11/h3-5,8,13,16H,2,6-7,9-10H2,1H3. The molecule has 98 valence electrons. The van der Waals surface area contributed by atoms with Crippen molar-refractivity contribution in [1.29, 1.82) is 0 Å². The fourth-order valence-electron chi connectivity index (χ4n) is 2.15. The highest BCUT2D eigenvalue weighted by molar-refractivity contribution is 8.00. The van der Waals surface area contributed by atoms with Crippen LogP contribution in [0.1, 0.15) is 18.9 Å². The van der Waals surface area contributed by atoms with Crippen molar-refractivity contribution in [1.82, 2.24) is 4.90 Å². The number of thioether (sulfide) groups is 1. The zero-order chi connectivity index (χ0) is 13.0. The molecule has 1 saturated heterocycles. The van der Waals surface area contributed by atoms with Crippen LogP contribution in [0.15, 0.2) is 24.3 Å². The molecule has 1 aliphatic heterocycles. The van der Waals surface area contributed by atoms with Crippen LogP contribution in [-0.2, 0) is 11.2 Å². The molecule has 0 aromatic heterocycles. The lowest BCUT2D eigenvalue weighted by Crippen LogP contribution is -2.42. The van der Waals surface area contributed by atoms with E-state index < -0.39 is 0 Å². The molecule has 3 nitrogen and oxygen atoms in total. The summed E-state index contributed by atoms with van der Waals surface area (Å²) in [6.07, 6.45) is 1.50. The first-order valence-corrected chi connectivity index (χ1v) is 7.41. The Balaban J connectivity index is 1.95. The minimum Gasteiger partial charge on any atom is -0.508 e. The van der Waals surface area contributed by atoms with Crippen molar-refractivity contribution in [2.24, 2.45) is 0 Å². The summed E-state index contributed by atoms with van der Waals surface area (Å²) in [7, 11) is 0. The summed E-state index contributed by atoms with van der Waals surface area (Å²) in [6, 6.07) is 6.94. The molecule has 1 aromatic rings. The monoisotopic (exact) mass is 265 g/mol. The molecule has 0 bridgehead atoms. The number of aromatic hydroxyl groups is 1. The van der Waals surface area contributed by atoms with Gasteiger partial charge in [0.1, 0.15) is 5.75 Å². The first kappa shape index (κ1) is 13.3. The first-order chi connectivity index (χ1) is 8.69. The number of carbonyl (C=O) groups excluding carboxylic acids is 1. The molecule has 0 radical (unpaired) electrons. The number of rotatable bonds is 3. The molecule has 0 aliphatic carbocycles. The van der Waals surface area contributed by atoms with Crippen molar-refractivity contribution in [3.05, 3.63) is 29.8 Å². The molecule has 1 atom stereocenters. The Labute approximate surface area is 112 Å². The summed E-state index contributed by atoms with van der Waals surface area (Å²) in [5.74, 6) is 1.42. The minimum absolute atomic E-state index is 0.166. The molecule has 0 spiro atoms. The number of phenols is 1. The number of nitrogens with zero attached hydrogens (tertiary/aromatic N) is 1. The Bertz CT molecular complexity index is 422. The molecule has 1 fully saturated rings. The molecule has 1 amide bonds. The van der Waals surface area contributed by atoms with Crippen LogP contribution < -0.4 is 0 Å². The molecule has 1 N–H and O–H groups in total. The van der Waals surface area contributed by atoms with Crippen molar-refractivity contribution < 1.29 is 9.90 Å². The van der Waals surface area contributed by atoms with Gasteiger partial charge in [-0.2, -0.15) is 11.8 Å². The maximum absolute atomic E-state index is 12.2. The van der Waals surface area contributed by atoms with Gasteiger partial charge in [0.15, 0.2) is 0 Å². The smallest absolute Gasteiger partial charge is 0.227 e. The average molecular weight is 265 g/mol. The Hall–Kier alpha value is -1.16. The number of benzene rings is 1. The van der Waals surface area contributed by atoms with Crippen LogP contribution in [0.3, 0.4) is 0 Å². The molecule has 1 heterocycles. The van der Waals surface area contributed by atoms with Crippen LogP contribution in [0.25, 0.3) is 0 Å². The van der Waals surface area contributed by atoms with Gasteiger partial charge in [0.2, 0.25) is 5.91 Å². The van der Waals surface area contributed by atoms with Crippen molar-refractivity contribution >= 4 is 17.7 Å². The van der Waals surface area contributed by atoms with Crippen molar-refractivity contribution in [2.75, 3.05) is 18.8 Å². The zero-order valence-electron chi connectivity index (χ0n) is 10.6. The number of hydrogen-bond donors (Lipinski definition) is 1. The molecule has 1 unspecified atom stereocenters. The van der Waals surface area contributed by atoms with E-state index in [-0.39, 0.29) is 11.7 Å². The van der Waals surface area contributed by atoms with Gasteiger partial charge in [-0.1, -0.05) is 19.1 Å². The largest absolute Gasteiger partial charge is 0.508 e. The van der Waals surface area contributed by atoms with Crippen LogP contribution in [0.4, 0.5) is 0 Å². The van der Waals surface area contributed by atoms with Crippen LogP contribution >= 0.6 is 11.8 Å². The van der Waals surface area contributed by atoms with E-state index in [1.54, 1.807) is 18.2 Å². The topological polar surface area (TPSA) is 40.5 Å². The second-order valence-corrected chi connectivity index (χ2v) is 6.00. The van der Waals surface area contributed by atoms with E-state index in [1.165, 1.54) is 0 Å². The van der Waals surface area contributed by atoms with E-state index in [0.717, 1.165) is 30.8 Å². The Morgan fingerprint density at radius 2 is 2.39 bits per heavy atom. The lowest BCUT2D eigenvalue weighted by atomic mass is 10.1. The SMILES string of the molecule is CCC1CN(C(=O)Cc2cccc(O)c2)CCS1. The number of carbonyl (C=O) groups is 1. The van der Waals surface area contributed by atoms with Gasteiger partial charge in [-0.15, -0.1) is 0 Å². The third-order valence-corrected chi connectivity index (χ3v) is 4.58. The van der Waals surface area contributed by atoms with E-state index in [1.807, 2.05) is 22.7 Å². The highest BCUT2D eigenvalue weighted by atomic mass is 32.2. The molecule has 0 saturated carbocycles. The van der Waals surface area contributed by atoms with E-state index >= 15 is 0 Å². The van der Waals surface area contributed by atoms with Gasteiger partial charge in [0, 0.05) is 24.1 Å². The maximum atomic E-state index is 12.2. The summed E-state index contributed by atoms with van der Waals surface area (Å²) < 4.78 is 0. The van der Waals surface area contributed by atoms with E-state index in [0.29, 0.717) is 11.7 Å². The average Bonchev–Trinajstić information content (AvgIpc) is 2.39. The quantitative estimate of drug-likeness (QED) is 0.911. The summed E-state index contributed by atoms with van der Waals surface area (Å²) in [5.41, 5.74) is 0.881. The van der Waals surface area contributed by atoms with Gasteiger partial charge in [0.25, 0.3) is 0 Å². The fraction of sp³-hybridized carbons (Fsp3) is 0.500. The Morgan fingerprint density at radius 3 is 3.11 bits per heavy atom. The van der Waals surface area contributed by atoms with Crippen molar-refractivity contribution in [3.63, 3.8) is 0 Å². The molecule has 2 rings (SSSR count). The number of amides is 1. The van der Waals surface area contributed by atoms with Gasteiger partial charge in [-0.05, 0) is 24.1 Å². The molecule has 1 aliphatic rings. The summed E-state index contributed by atoms with van der Waals surface area (Å²) in [5, 5.41) is 9.96. The third-order valence-electron chi connectivity index (χ3n) is 3.21. The molecule has 1 aromatic carbocycles. The predicted octanol–water partition coefficient (Wildman–Crippen LogP) is 2.29. The van der Waals surface area contributed by atoms with E-state index in [4.69, 9.17) is 0 Å². The first-order valence-electron chi connectivity index (χ1n) is 6.36. The summed E-state index contributed by atoms with van der Waals surface area (Å²) in [6.45, 7) is 3.87. The normalized spacial score (nSPS) is 19.8. The summed E-state index contributed by atoms with van der Waals surface area (Å²) >= 11 is 1.96. The molecular formula is C14H19NO2S. The van der Waals surface area contributed by atoms with Gasteiger partial charge in [-0.25, -0.2) is 0 Å².